The molecule has 0 atom stereocenters. The molecule has 0 aromatic heterocycles. The lowest BCUT2D eigenvalue weighted by Gasteiger charge is -2.18. The van der Waals surface area contributed by atoms with Crippen LogP contribution in [0.25, 0.3) is 0 Å². The van der Waals surface area contributed by atoms with Crippen molar-refractivity contribution < 1.29 is 9.53 Å². The average Bonchev–Trinajstić information content (AvgIpc) is 2.19. The number of fused-ring (bicyclic) bond motifs is 1. The molecule has 3 nitrogen and oxygen atoms in total. The lowest BCUT2D eigenvalue weighted by molar-refractivity contribution is -0.120. The summed E-state index contributed by atoms with van der Waals surface area (Å²) in [4.78, 5) is 10.2. The molecule has 1 aromatic carbocycles. The van der Waals surface area contributed by atoms with Crippen LogP contribution in [-0.2, 0) is 17.8 Å². The minimum Gasteiger partial charge on any atom is -0.428 e. The standard InChI is InChI=1S/C10H11NO2/c12-7-13-10-3-1-2-8-6-11-5-4-9(8)10/h1-3,7,11H,4-6H2. The van der Waals surface area contributed by atoms with Crippen molar-refractivity contribution in [3.8, 4) is 5.75 Å². The SMILES string of the molecule is O=COc1cccc2c1CCNC2. The van der Waals surface area contributed by atoms with E-state index in [0.717, 1.165) is 25.1 Å². The average molecular weight is 177 g/mol. The van der Waals surface area contributed by atoms with Gasteiger partial charge in [0.1, 0.15) is 5.75 Å². The number of hydrogen-bond donors (Lipinski definition) is 1. The highest BCUT2D eigenvalue weighted by atomic mass is 16.5. The summed E-state index contributed by atoms with van der Waals surface area (Å²) in [5.41, 5.74) is 2.39. The summed E-state index contributed by atoms with van der Waals surface area (Å²) >= 11 is 0. The van der Waals surface area contributed by atoms with Crippen molar-refractivity contribution >= 4 is 6.47 Å². The topological polar surface area (TPSA) is 38.3 Å². The quantitative estimate of drug-likeness (QED) is 0.681. The predicted molar refractivity (Wildman–Crippen MR) is 48.5 cm³/mol. The van der Waals surface area contributed by atoms with E-state index >= 15 is 0 Å². The molecule has 1 aromatic rings. The number of nitrogens with one attached hydrogen (secondary N) is 1. The molecule has 0 spiro atoms. The van der Waals surface area contributed by atoms with Crippen LogP contribution in [0.3, 0.4) is 0 Å². The smallest absolute Gasteiger partial charge is 0.298 e. The molecule has 1 aliphatic heterocycles. The van der Waals surface area contributed by atoms with Crippen LogP contribution in [-0.4, -0.2) is 13.0 Å². The predicted octanol–water partition coefficient (Wildman–Crippen LogP) is 0.867. The van der Waals surface area contributed by atoms with E-state index in [1.165, 1.54) is 5.56 Å². The Morgan fingerprint density at radius 1 is 1.46 bits per heavy atom. The second-order valence-electron chi connectivity index (χ2n) is 3.03. The Hall–Kier alpha value is -1.35. The molecule has 0 saturated carbocycles. The molecular formula is C10H11NO2. The van der Waals surface area contributed by atoms with E-state index in [-0.39, 0.29) is 0 Å². The third kappa shape index (κ3) is 1.55. The van der Waals surface area contributed by atoms with Gasteiger partial charge in [-0.1, -0.05) is 12.1 Å². The normalized spacial score (nSPS) is 14.8. The van der Waals surface area contributed by atoms with Crippen molar-refractivity contribution in [1.82, 2.24) is 5.32 Å². The minimum absolute atomic E-state index is 0.484. The van der Waals surface area contributed by atoms with Crippen LogP contribution < -0.4 is 10.1 Å². The van der Waals surface area contributed by atoms with Crippen LogP contribution >= 0.6 is 0 Å². The first kappa shape index (κ1) is 8.26. The summed E-state index contributed by atoms with van der Waals surface area (Å²) in [5.74, 6) is 0.703. The van der Waals surface area contributed by atoms with E-state index in [1.54, 1.807) is 0 Å². The van der Waals surface area contributed by atoms with Crippen molar-refractivity contribution in [3.05, 3.63) is 29.3 Å². The molecule has 2 rings (SSSR count). The highest BCUT2D eigenvalue weighted by molar-refractivity contribution is 5.50. The first-order valence-corrected chi connectivity index (χ1v) is 4.33. The van der Waals surface area contributed by atoms with Gasteiger partial charge in [0.15, 0.2) is 0 Å². The maximum atomic E-state index is 10.2. The summed E-state index contributed by atoms with van der Waals surface area (Å²) < 4.78 is 4.90. The Morgan fingerprint density at radius 2 is 2.38 bits per heavy atom. The van der Waals surface area contributed by atoms with Gasteiger partial charge in [-0.3, -0.25) is 4.79 Å². The molecule has 0 aliphatic carbocycles. The van der Waals surface area contributed by atoms with E-state index in [4.69, 9.17) is 4.74 Å². The fourth-order valence-electron chi connectivity index (χ4n) is 1.66. The lowest BCUT2D eigenvalue weighted by Crippen LogP contribution is -2.23. The molecule has 0 fully saturated rings. The molecular weight excluding hydrogens is 166 g/mol. The molecule has 0 bridgehead atoms. The largest absolute Gasteiger partial charge is 0.428 e. The van der Waals surface area contributed by atoms with E-state index in [0.29, 0.717) is 12.2 Å². The fraction of sp³-hybridized carbons (Fsp3) is 0.300. The Kier molecular flexibility index (Phi) is 2.27. The molecule has 1 N–H and O–H groups in total. The van der Waals surface area contributed by atoms with Crippen molar-refractivity contribution in [3.63, 3.8) is 0 Å². The Bertz CT molecular complexity index is 323. The van der Waals surface area contributed by atoms with Crippen LogP contribution in [0.5, 0.6) is 5.75 Å². The monoisotopic (exact) mass is 177 g/mol. The fourth-order valence-corrected chi connectivity index (χ4v) is 1.66. The van der Waals surface area contributed by atoms with Gasteiger partial charge < -0.3 is 10.1 Å². The zero-order chi connectivity index (χ0) is 9.10. The zero-order valence-corrected chi connectivity index (χ0v) is 7.25. The van der Waals surface area contributed by atoms with Gasteiger partial charge >= 0.3 is 0 Å². The highest BCUT2D eigenvalue weighted by Crippen LogP contribution is 2.24. The van der Waals surface area contributed by atoms with Crippen molar-refractivity contribution in [2.45, 2.75) is 13.0 Å². The molecule has 3 heteroatoms. The van der Waals surface area contributed by atoms with Crippen molar-refractivity contribution in [1.29, 1.82) is 0 Å². The van der Waals surface area contributed by atoms with Crippen molar-refractivity contribution in [2.75, 3.05) is 6.54 Å². The first-order valence-electron chi connectivity index (χ1n) is 4.33. The van der Waals surface area contributed by atoms with Gasteiger partial charge in [-0.2, -0.15) is 0 Å². The van der Waals surface area contributed by atoms with Gasteiger partial charge in [-0.25, -0.2) is 0 Å². The number of carbonyl (C=O) groups excluding carboxylic acids is 1. The second kappa shape index (κ2) is 3.58. The second-order valence-corrected chi connectivity index (χ2v) is 3.03. The molecule has 0 unspecified atom stereocenters. The van der Waals surface area contributed by atoms with Crippen LogP contribution in [0, 0.1) is 0 Å². The van der Waals surface area contributed by atoms with E-state index in [9.17, 15) is 4.79 Å². The Balaban J connectivity index is 2.39. The molecule has 1 aliphatic rings. The van der Waals surface area contributed by atoms with Gasteiger partial charge in [0, 0.05) is 12.1 Å². The van der Waals surface area contributed by atoms with Crippen molar-refractivity contribution in [2.24, 2.45) is 0 Å². The third-order valence-electron chi connectivity index (χ3n) is 2.27. The van der Waals surface area contributed by atoms with Crippen LogP contribution in [0.15, 0.2) is 18.2 Å². The maximum absolute atomic E-state index is 10.2. The molecule has 68 valence electrons. The van der Waals surface area contributed by atoms with Crippen LogP contribution in [0.1, 0.15) is 11.1 Å². The van der Waals surface area contributed by atoms with E-state index in [1.807, 2.05) is 12.1 Å². The molecule has 13 heavy (non-hydrogen) atoms. The highest BCUT2D eigenvalue weighted by Gasteiger charge is 2.12. The number of rotatable bonds is 2. The molecule has 0 radical (unpaired) electrons. The van der Waals surface area contributed by atoms with Crippen LogP contribution in [0.4, 0.5) is 0 Å². The molecule has 0 amide bonds. The third-order valence-corrected chi connectivity index (χ3v) is 2.27. The number of carbonyl (C=O) groups is 1. The summed E-state index contributed by atoms with van der Waals surface area (Å²) in [7, 11) is 0. The summed E-state index contributed by atoms with van der Waals surface area (Å²) in [5, 5.41) is 3.27. The maximum Gasteiger partial charge on any atom is 0.298 e. The van der Waals surface area contributed by atoms with E-state index < -0.39 is 0 Å². The van der Waals surface area contributed by atoms with Gasteiger partial charge in [-0.15, -0.1) is 0 Å². The Morgan fingerprint density at radius 3 is 3.23 bits per heavy atom. The zero-order valence-electron chi connectivity index (χ0n) is 7.25. The number of benzene rings is 1. The summed E-state index contributed by atoms with van der Waals surface area (Å²) in [6.07, 6.45) is 0.930. The van der Waals surface area contributed by atoms with Gasteiger partial charge in [0.2, 0.25) is 0 Å². The minimum atomic E-state index is 0.484. The van der Waals surface area contributed by atoms with Gasteiger partial charge in [-0.05, 0) is 24.6 Å². The Labute approximate surface area is 76.7 Å². The molecule has 0 saturated heterocycles. The summed E-state index contributed by atoms with van der Waals surface area (Å²) in [6, 6.07) is 5.79. The van der Waals surface area contributed by atoms with Gasteiger partial charge in [0.25, 0.3) is 6.47 Å². The van der Waals surface area contributed by atoms with Crippen LogP contribution in [0.2, 0.25) is 0 Å². The number of ether oxygens (including phenoxy) is 1. The molecule has 1 heterocycles. The first-order chi connectivity index (χ1) is 6.42. The van der Waals surface area contributed by atoms with E-state index in [2.05, 4.69) is 11.4 Å². The number of hydrogen-bond acceptors (Lipinski definition) is 3. The summed E-state index contributed by atoms with van der Waals surface area (Å²) in [6.45, 7) is 2.30. The lowest BCUT2D eigenvalue weighted by atomic mass is 10.0. The van der Waals surface area contributed by atoms with Gasteiger partial charge in [0.05, 0.1) is 0 Å².